The first-order chi connectivity index (χ1) is 13.2. The van der Waals surface area contributed by atoms with Crippen LogP contribution in [0.1, 0.15) is 18.7 Å². The van der Waals surface area contributed by atoms with Crippen molar-refractivity contribution in [3.05, 3.63) is 36.2 Å². The summed E-state index contributed by atoms with van der Waals surface area (Å²) in [6.45, 7) is 3.82. The number of carbonyl (C=O) groups excluding carboxylic acids is 2. The van der Waals surface area contributed by atoms with Gasteiger partial charge in [0.05, 0.1) is 12.3 Å². The fourth-order valence-corrected chi connectivity index (χ4v) is 4.23. The lowest BCUT2D eigenvalue weighted by Crippen LogP contribution is -2.35. The summed E-state index contributed by atoms with van der Waals surface area (Å²) in [7, 11) is 0. The molecule has 0 saturated carbocycles. The largest absolute Gasteiger partial charge is 0.336 e. The molecule has 2 aliphatic heterocycles. The molecule has 9 heteroatoms. The van der Waals surface area contributed by atoms with E-state index >= 15 is 0 Å². The molecule has 2 aromatic rings. The summed E-state index contributed by atoms with van der Waals surface area (Å²) in [6.07, 6.45) is 2.43. The van der Waals surface area contributed by atoms with E-state index in [1.54, 1.807) is 0 Å². The number of para-hydroxylation sites is 1. The third kappa shape index (κ3) is 3.98. The third-order valence-electron chi connectivity index (χ3n) is 4.76. The van der Waals surface area contributed by atoms with Gasteiger partial charge in [0.1, 0.15) is 0 Å². The SMILES string of the molecule is O=C(CSc1nnc(CN2CCCC2)n1-c1ccccc1)N1CCNC1=O. The number of benzene rings is 1. The van der Waals surface area contributed by atoms with Gasteiger partial charge in [-0.1, -0.05) is 30.0 Å². The van der Waals surface area contributed by atoms with Gasteiger partial charge in [0.15, 0.2) is 11.0 Å². The van der Waals surface area contributed by atoms with E-state index in [0.717, 1.165) is 31.1 Å². The van der Waals surface area contributed by atoms with Crippen LogP contribution in [0.25, 0.3) is 5.69 Å². The number of hydrogen-bond donors (Lipinski definition) is 1. The van der Waals surface area contributed by atoms with E-state index in [4.69, 9.17) is 0 Å². The Balaban J connectivity index is 1.53. The second-order valence-corrected chi connectivity index (χ2v) is 7.56. The quantitative estimate of drug-likeness (QED) is 0.758. The Bertz CT molecular complexity index is 819. The number of carbonyl (C=O) groups is 2. The number of urea groups is 1. The Morgan fingerprint density at radius 1 is 1.11 bits per heavy atom. The molecule has 27 heavy (non-hydrogen) atoms. The first kappa shape index (κ1) is 18.0. The monoisotopic (exact) mass is 386 g/mol. The molecule has 0 spiro atoms. The summed E-state index contributed by atoms with van der Waals surface area (Å²) in [5.41, 5.74) is 0.977. The van der Waals surface area contributed by atoms with Gasteiger partial charge in [-0.2, -0.15) is 0 Å². The van der Waals surface area contributed by atoms with Gasteiger partial charge < -0.3 is 5.32 Å². The maximum Gasteiger partial charge on any atom is 0.324 e. The van der Waals surface area contributed by atoms with Crippen LogP contribution in [0, 0.1) is 0 Å². The number of imide groups is 1. The molecule has 2 fully saturated rings. The van der Waals surface area contributed by atoms with Crippen molar-refractivity contribution in [2.45, 2.75) is 24.5 Å². The average Bonchev–Trinajstić information content (AvgIpc) is 3.42. The maximum atomic E-state index is 12.3. The first-order valence-electron chi connectivity index (χ1n) is 9.15. The molecule has 1 aromatic carbocycles. The van der Waals surface area contributed by atoms with Crippen LogP contribution < -0.4 is 5.32 Å². The fraction of sp³-hybridized carbons (Fsp3) is 0.444. The van der Waals surface area contributed by atoms with Crippen LogP contribution in [0.15, 0.2) is 35.5 Å². The average molecular weight is 386 g/mol. The minimum absolute atomic E-state index is 0.155. The molecular formula is C18H22N6O2S. The summed E-state index contributed by atoms with van der Waals surface area (Å²) in [4.78, 5) is 27.6. The number of hydrogen-bond acceptors (Lipinski definition) is 6. The normalized spacial score (nSPS) is 17.5. The Morgan fingerprint density at radius 3 is 2.59 bits per heavy atom. The number of aromatic nitrogens is 3. The Hall–Kier alpha value is -2.39. The Kier molecular flexibility index (Phi) is 5.40. The third-order valence-corrected chi connectivity index (χ3v) is 5.67. The molecule has 3 heterocycles. The molecule has 0 radical (unpaired) electrons. The van der Waals surface area contributed by atoms with Gasteiger partial charge in [0, 0.05) is 18.8 Å². The zero-order chi connectivity index (χ0) is 18.6. The van der Waals surface area contributed by atoms with Crippen molar-refractivity contribution in [1.82, 2.24) is 29.9 Å². The van der Waals surface area contributed by atoms with E-state index in [1.165, 1.54) is 29.5 Å². The molecule has 0 aliphatic carbocycles. The summed E-state index contributed by atoms with van der Waals surface area (Å²) in [6, 6.07) is 9.62. The zero-order valence-electron chi connectivity index (χ0n) is 15.0. The van der Waals surface area contributed by atoms with Gasteiger partial charge in [0.2, 0.25) is 5.91 Å². The van der Waals surface area contributed by atoms with E-state index in [9.17, 15) is 9.59 Å². The predicted molar refractivity (Wildman–Crippen MR) is 102 cm³/mol. The first-order valence-corrected chi connectivity index (χ1v) is 10.1. The van der Waals surface area contributed by atoms with E-state index in [2.05, 4.69) is 20.4 Å². The van der Waals surface area contributed by atoms with Gasteiger partial charge in [-0.05, 0) is 38.1 Å². The molecule has 142 valence electrons. The molecule has 4 rings (SSSR count). The lowest BCUT2D eigenvalue weighted by Gasteiger charge is -2.16. The summed E-state index contributed by atoms with van der Waals surface area (Å²) in [5, 5.41) is 12.0. The van der Waals surface area contributed by atoms with E-state index < -0.39 is 0 Å². The Labute approximate surface area is 161 Å². The van der Waals surface area contributed by atoms with E-state index in [-0.39, 0.29) is 17.7 Å². The fourth-order valence-electron chi connectivity index (χ4n) is 3.39. The van der Waals surface area contributed by atoms with Crippen LogP contribution >= 0.6 is 11.8 Å². The predicted octanol–water partition coefficient (Wildman–Crippen LogP) is 1.51. The lowest BCUT2D eigenvalue weighted by atomic mass is 10.3. The molecule has 2 saturated heterocycles. The number of thioether (sulfide) groups is 1. The second kappa shape index (κ2) is 8.10. The highest BCUT2D eigenvalue weighted by Crippen LogP contribution is 2.24. The topological polar surface area (TPSA) is 83.4 Å². The molecule has 3 amide bonds. The van der Waals surface area contributed by atoms with Crippen LogP contribution in [-0.4, -0.2) is 68.4 Å². The number of likely N-dealkylation sites (tertiary alicyclic amines) is 1. The number of nitrogens with one attached hydrogen (secondary N) is 1. The van der Waals surface area contributed by atoms with Crippen LogP contribution in [0.2, 0.25) is 0 Å². The van der Waals surface area contributed by atoms with Gasteiger partial charge in [-0.3, -0.25) is 19.2 Å². The highest BCUT2D eigenvalue weighted by molar-refractivity contribution is 7.99. The molecule has 2 aliphatic rings. The smallest absolute Gasteiger partial charge is 0.324 e. The van der Waals surface area contributed by atoms with E-state index in [1.807, 2.05) is 34.9 Å². The molecular weight excluding hydrogens is 364 g/mol. The van der Waals surface area contributed by atoms with Crippen molar-refractivity contribution in [2.75, 3.05) is 31.9 Å². The van der Waals surface area contributed by atoms with Crippen LogP contribution in [0.4, 0.5) is 4.79 Å². The van der Waals surface area contributed by atoms with Crippen molar-refractivity contribution in [2.24, 2.45) is 0 Å². The van der Waals surface area contributed by atoms with Gasteiger partial charge in [-0.25, -0.2) is 4.79 Å². The number of amides is 3. The maximum absolute atomic E-state index is 12.3. The van der Waals surface area contributed by atoms with Gasteiger partial charge in [-0.15, -0.1) is 10.2 Å². The van der Waals surface area contributed by atoms with Crippen LogP contribution in [-0.2, 0) is 11.3 Å². The number of nitrogens with zero attached hydrogens (tertiary/aromatic N) is 5. The van der Waals surface area contributed by atoms with Crippen LogP contribution in [0.5, 0.6) is 0 Å². The minimum Gasteiger partial charge on any atom is -0.336 e. The van der Waals surface area contributed by atoms with Crippen molar-refractivity contribution < 1.29 is 9.59 Å². The Morgan fingerprint density at radius 2 is 1.89 bits per heavy atom. The highest BCUT2D eigenvalue weighted by atomic mass is 32.2. The van der Waals surface area contributed by atoms with Crippen molar-refractivity contribution in [3.8, 4) is 5.69 Å². The standard InChI is InChI=1S/C18H22N6O2S/c25-16(23-11-8-19-17(23)26)13-27-18-21-20-15(12-22-9-4-5-10-22)24(18)14-6-2-1-3-7-14/h1-3,6-7H,4-5,8-13H2,(H,19,26). The second-order valence-electron chi connectivity index (χ2n) is 6.62. The molecule has 0 unspecified atom stereocenters. The van der Waals surface area contributed by atoms with E-state index in [0.29, 0.717) is 18.2 Å². The molecule has 1 aromatic heterocycles. The van der Waals surface area contributed by atoms with Crippen molar-refractivity contribution in [3.63, 3.8) is 0 Å². The minimum atomic E-state index is -0.320. The van der Waals surface area contributed by atoms with Crippen molar-refractivity contribution >= 4 is 23.7 Å². The summed E-state index contributed by atoms with van der Waals surface area (Å²) in [5.74, 6) is 0.818. The van der Waals surface area contributed by atoms with Gasteiger partial charge >= 0.3 is 6.03 Å². The molecule has 1 N–H and O–H groups in total. The lowest BCUT2D eigenvalue weighted by molar-refractivity contribution is -0.124. The molecule has 8 nitrogen and oxygen atoms in total. The summed E-state index contributed by atoms with van der Waals surface area (Å²) < 4.78 is 2.01. The van der Waals surface area contributed by atoms with Gasteiger partial charge in [0.25, 0.3) is 0 Å². The highest BCUT2D eigenvalue weighted by Gasteiger charge is 2.27. The number of rotatable bonds is 6. The zero-order valence-corrected chi connectivity index (χ0v) is 15.8. The molecule has 0 atom stereocenters. The summed E-state index contributed by atoms with van der Waals surface area (Å²) >= 11 is 1.32. The van der Waals surface area contributed by atoms with Crippen molar-refractivity contribution in [1.29, 1.82) is 0 Å². The molecule has 0 bridgehead atoms. The van der Waals surface area contributed by atoms with Crippen LogP contribution in [0.3, 0.4) is 0 Å².